The lowest BCUT2D eigenvalue weighted by Crippen LogP contribution is -2.64. The number of nitrogens with one attached hydrogen (secondary N) is 1. The summed E-state index contributed by atoms with van der Waals surface area (Å²) in [4.78, 5) is 8.56. The van der Waals surface area contributed by atoms with E-state index >= 15 is 0 Å². The van der Waals surface area contributed by atoms with Crippen LogP contribution in [-0.2, 0) is 4.74 Å². The van der Waals surface area contributed by atoms with Crippen LogP contribution in [0, 0.1) is 12.3 Å². The van der Waals surface area contributed by atoms with Gasteiger partial charge in [-0.3, -0.25) is 0 Å². The summed E-state index contributed by atoms with van der Waals surface area (Å²) in [6.07, 6.45) is 7.30. The first kappa shape index (κ1) is 11.9. The smallest absolute Gasteiger partial charge is 0.129 e. The molecule has 18 heavy (non-hydrogen) atoms. The summed E-state index contributed by atoms with van der Waals surface area (Å²) < 4.78 is 5.85. The van der Waals surface area contributed by atoms with Gasteiger partial charge >= 0.3 is 0 Å². The topological polar surface area (TPSA) is 47.0 Å². The summed E-state index contributed by atoms with van der Waals surface area (Å²) in [6, 6.07) is 2.48. The number of aromatic nitrogens is 2. The second-order valence-electron chi connectivity index (χ2n) is 5.45. The van der Waals surface area contributed by atoms with Gasteiger partial charge in [-0.1, -0.05) is 6.42 Å². The summed E-state index contributed by atoms with van der Waals surface area (Å²) in [5.74, 6) is 1.78. The molecule has 1 N–H and O–H groups in total. The highest BCUT2D eigenvalue weighted by Crippen LogP contribution is 2.57. The van der Waals surface area contributed by atoms with Crippen molar-refractivity contribution in [2.24, 2.45) is 5.41 Å². The molecular weight excluding hydrogens is 226 g/mol. The van der Waals surface area contributed by atoms with E-state index < -0.39 is 0 Å². The van der Waals surface area contributed by atoms with Crippen molar-refractivity contribution < 1.29 is 4.74 Å². The minimum Gasteiger partial charge on any atom is -0.378 e. The highest BCUT2D eigenvalue weighted by molar-refractivity contribution is 5.37. The zero-order valence-electron chi connectivity index (χ0n) is 11.1. The van der Waals surface area contributed by atoms with Gasteiger partial charge in [0, 0.05) is 24.3 Å². The number of hydrogen-bond acceptors (Lipinski definition) is 4. The Morgan fingerprint density at radius 2 is 2.33 bits per heavy atom. The first-order valence-corrected chi connectivity index (χ1v) is 6.92. The van der Waals surface area contributed by atoms with Gasteiger partial charge in [-0.25, -0.2) is 9.97 Å². The highest BCUT2D eigenvalue weighted by atomic mass is 16.5. The Labute approximate surface area is 108 Å². The van der Waals surface area contributed by atoms with E-state index in [1.807, 2.05) is 19.2 Å². The van der Waals surface area contributed by atoms with Gasteiger partial charge in [-0.05, 0) is 39.2 Å². The predicted octanol–water partition coefficient (Wildman–Crippen LogP) is 2.54. The molecular formula is C14H21N3O. The van der Waals surface area contributed by atoms with Crippen molar-refractivity contribution in [3.63, 3.8) is 0 Å². The average molecular weight is 247 g/mol. The molecule has 0 amide bonds. The van der Waals surface area contributed by atoms with E-state index in [0.717, 1.165) is 24.7 Å². The summed E-state index contributed by atoms with van der Waals surface area (Å²) in [5.41, 5.74) is 0.384. The molecule has 0 unspecified atom stereocenters. The molecule has 0 aromatic carbocycles. The van der Waals surface area contributed by atoms with Gasteiger partial charge in [0.25, 0.3) is 0 Å². The molecule has 0 radical (unpaired) electrons. The Bertz CT molecular complexity index is 431. The third-order valence-electron chi connectivity index (χ3n) is 4.54. The normalized spacial score (nSPS) is 28.6. The van der Waals surface area contributed by atoms with E-state index in [-0.39, 0.29) is 0 Å². The number of hydrogen-bond donors (Lipinski definition) is 1. The van der Waals surface area contributed by atoms with Crippen LogP contribution in [0.2, 0.25) is 0 Å². The molecule has 0 bridgehead atoms. The van der Waals surface area contributed by atoms with Crippen molar-refractivity contribution in [2.45, 2.75) is 51.7 Å². The molecule has 4 heteroatoms. The van der Waals surface area contributed by atoms with Gasteiger partial charge in [0.2, 0.25) is 0 Å². The Morgan fingerprint density at radius 1 is 1.50 bits per heavy atom. The largest absolute Gasteiger partial charge is 0.378 e. The monoisotopic (exact) mass is 247 g/mol. The van der Waals surface area contributed by atoms with E-state index in [1.54, 1.807) is 0 Å². The molecule has 2 aliphatic carbocycles. The number of ether oxygens (including phenoxy) is 1. The summed E-state index contributed by atoms with van der Waals surface area (Å²) in [5, 5.41) is 3.57. The van der Waals surface area contributed by atoms with Crippen LogP contribution in [0.5, 0.6) is 0 Å². The van der Waals surface area contributed by atoms with Crippen molar-refractivity contribution in [2.75, 3.05) is 11.9 Å². The Balaban J connectivity index is 1.68. The number of anilines is 1. The van der Waals surface area contributed by atoms with Crippen LogP contribution >= 0.6 is 0 Å². The maximum absolute atomic E-state index is 5.85. The molecule has 0 saturated heterocycles. The van der Waals surface area contributed by atoms with Crippen molar-refractivity contribution in [3.8, 4) is 0 Å². The average Bonchev–Trinajstić information content (AvgIpc) is 2.25. The highest BCUT2D eigenvalue weighted by Gasteiger charge is 2.58. The lowest BCUT2D eigenvalue weighted by Gasteiger charge is -2.61. The SMILES string of the molecule is CCO[C@H]1C[C@H](Nc2ccnc(C)n2)C12CCC2. The fourth-order valence-corrected chi connectivity index (χ4v) is 3.36. The molecule has 1 heterocycles. The van der Waals surface area contributed by atoms with Gasteiger partial charge in [-0.2, -0.15) is 0 Å². The summed E-state index contributed by atoms with van der Waals surface area (Å²) >= 11 is 0. The molecule has 3 rings (SSSR count). The summed E-state index contributed by atoms with van der Waals surface area (Å²) in [6.45, 7) is 4.83. The number of rotatable bonds is 4. The minimum absolute atomic E-state index is 0.384. The lowest BCUT2D eigenvalue weighted by atomic mass is 9.51. The van der Waals surface area contributed by atoms with Crippen LogP contribution in [0.15, 0.2) is 12.3 Å². The van der Waals surface area contributed by atoms with Crippen LogP contribution < -0.4 is 5.32 Å². The van der Waals surface area contributed by atoms with Crippen LogP contribution in [0.3, 0.4) is 0 Å². The van der Waals surface area contributed by atoms with Crippen LogP contribution in [0.25, 0.3) is 0 Å². The van der Waals surface area contributed by atoms with Crippen LogP contribution in [0.4, 0.5) is 5.82 Å². The first-order valence-electron chi connectivity index (χ1n) is 6.92. The van der Waals surface area contributed by atoms with E-state index in [0.29, 0.717) is 17.6 Å². The molecule has 1 spiro atoms. The molecule has 4 nitrogen and oxygen atoms in total. The van der Waals surface area contributed by atoms with E-state index in [2.05, 4.69) is 22.2 Å². The standard InChI is InChI=1S/C14H21N3O/c1-3-18-12-9-11(14(12)6-4-7-14)17-13-5-8-15-10(2)16-13/h5,8,11-12H,3-4,6-7,9H2,1-2H3,(H,15,16,17)/t11-,12-/m0/s1. The van der Waals surface area contributed by atoms with Gasteiger partial charge in [0.15, 0.2) is 0 Å². The number of nitrogens with zero attached hydrogens (tertiary/aromatic N) is 2. The Hall–Kier alpha value is -1.16. The van der Waals surface area contributed by atoms with E-state index in [9.17, 15) is 0 Å². The number of aryl methyl sites for hydroxylation is 1. The fourth-order valence-electron chi connectivity index (χ4n) is 3.36. The third kappa shape index (κ3) is 1.79. The minimum atomic E-state index is 0.384. The maximum atomic E-state index is 5.85. The quantitative estimate of drug-likeness (QED) is 0.888. The van der Waals surface area contributed by atoms with Crippen LogP contribution in [-0.4, -0.2) is 28.7 Å². The molecule has 1 aromatic rings. The molecule has 2 fully saturated rings. The Kier molecular flexibility index (Phi) is 2.98. The van der Waals surface area contributed by atoms with Gasteiger partial charge in [0.1, 0.15) is 11.6 Å². The van der Waals surface area contributed by atoms with Crippen molar-refractivity contribution in [3.05, 3.63) is 18.1 Å². The third-order valence-corrected chi connectivity index (χ3v) is 4.54. The van der Waals surface area contributed by atoms with E-state index in [4.69, 9.17) is 4.74 Å². The molecule has 2 atom stereocenters. The lowest BCUT2D eigenvalue weighted by molar-refractivity contribution is -0.157. The molecule has 98 valence electrons. The second kappa shape index (κ2) is 4.50. The Morgan fingerprint density at radius 3 is 2.94 bits per heavy atom. The van der Waals surface area contributed by atoms with Crippen molar-refractivity contribution >= 4 is 5.82 Å². The second-order valence-corrected chi connectivity index (χ2v) is 5.45. The fraction of sp³-hybridized carbons (Fsp3) is 0.714. The predicted molar refractivity (Wildman–Crippen MR) is 70.5 cm³/mol. The van der Waals surface area contributed by atoms with Gasteiger partial charge < -0.3 is 10.1 Å². The molecule has 1 aromatic heterocycles. The van der Waals surface area contributed by atoms with Gasteiger partial charge in [0.05, 0.1) is 6.10 Å². The summed E-state index contributed by atoms with van der Waals surface area (Å²) in [7, 11) is 0. The van der Waals surface area contributed by atoms with Crippen molar-refractivity contribution in [1.82, 2.24) is 9.97 Å². The maximum Gasteiger partial charge on any atom is 0.129 e. The molecule has 2 aliphatic rings. The van der Waals surface area contributed by atoms with E-state index in [1.165, 1.54) is 19.3 Å². The molecule has 2 saturated carbocycles. The molecule has 0 aliphatic heterocycles. The first-order chi connectivity index (χ1) is 8.74. The zero-order chi connectivity index (χ0) is 12.6. The van der Waals surface area contributed by atoms with Gasteiger partial charge in [-0.15, -0.1) is 0 Å². The van der Waals surface area contributed by atoms with Crippen LogP contribution in [0.1, 0.15) is 38.4 Å². The van der Waals surface area contributed by atoms with Crippen molar-refractivity contribution in [1.29, 1.82) is 0 Å². The zero-order valence-corrected chi connectivity index (χ0v) is 11.1.